The molecule has 0 aromatic heterocycles. The molecule has 88 valence electrons. The van der Waals surface area contributed by atoms with E-state index in [0.29, 0.717) is 6.10 Å². The molecule has 2 bridgehead atoms. The SMILES string of the molecule is CC(C)(C)OC1C2=CCC3C4CC4C(C2)C13. The lowest BCUT2D eigenvalue weighted by atomic mass is 9.80. The summed E-state index contributed by atoms with van der Waals surface area (Å²) in [6.07, 6.45) is 7.27. The summed E-state index contributed by atoms with van der Waals surface area (Å²) in [6.45, 7) is 6.60. The highest BCUT2D eigenvalue weighted by atomic mass is 16.5. The van der Waals surface area contributed by atoms with Gasteiger partial charge in [-0.15, -0.1) is 0 Å². The molecule has 4 aliphatic carbocycles. The Bertz CT molecular complexity index is 352. The zero-order valence-corrected chi connectivity index (χ0v) is 10.6. The van der Waals surface area contributed by atoms with Gasteiger partial charge in [0.1, 0.15) is 0 Å². The maximum Gasteiger partial charge on any atom is 0.0826 e. The van der Waals surface area contributed by atoms with Gasteiger partial charge in [-0.1, -0.05) is 6.08 Å². The third-order valence-corrected chi connectivity index (χ3v) is 5.30. The molecule has 0 N–H and O–H groups in total. The van der Waals surface area contributed by atoms with Crippen LogP contribution in [0.4, 0.5) is 0 Å². The molecule has 6 atom stereocenters. The summed E-state index contributed by atoms with van der Waals surface area (Å²) < 4.78 is 6.35. The van der Waals surface area contributed by atoms with Gasteiger partial charge in [0.05, 0.1) is 11.7 Å². The van der Waals surface area contributed by atoms with E-state index in [1.54, 1.807) is 5.57 Å². The molecule has 0 heterocycles. The summed E-state index contributed by atoms with van der Waals surface area (Å²) in [6, 6.07) is 0. The van der Waals surface area contributed by atoms with E-state index in [2.05, 4.69) is 26.8 Å². The molecule has 1 heteroatoms. The summed E-state index contributed by atoms with van der Waals surface area (Å²) in [4.78, 5) is 0. The Kier molecular flexibility index (Phi) is 1.66. The van der Waals surface area contributed by atoms with Crippen molar-refractivity contribution in [2.75, 3.05) is 0 Å². The smallest absolute Gasteiger partial charge is 0.0826 e. The highest BCUT2D eigenvalue weighted by Crippen LogP contribution is 2.70. The fourth-order valence-corrected chi connectivity index (χ4v) is 4.83. The van der Waals surface area contributed by atoms with E-state index in [0.717, 1.165) is 29.6 Å². The van der Waals surface area contributed by atoms with Crippen molar-refractivity contribution in [3.8, 4) is 0 Å². The molecule has 16 heavy (non-hydrogen) atoms. The third-order valence-electron chi connectivity index (χ3n) is 5.30. The van der Waals surface area contributed by atoms with Crippen molar-refractivity contribution in [2.24, 2.45) is 29.6 Å². The first-order valence-corrected chi connectivity index (χ1v) is 6.91. The van der Waals surface area contributed by atoms with E-state index < -0.39 is 0 Å². The molecule has 6 unspecified atom stereocenters. The van der Waals surface area contributed by atoms with Crippen LogP contribution in [-0.4, -0.2) is 11.7 Å². The molecule has 0 saturated heterocycles. The summed E-state index contributed by atoms with van der Waals surface area (Å²) >= 11 is 0. The second-order valence-corrected chi connectivity index (χ2v) is 7.34. The monoisotopic (exact) mass is 218 g/mol. The maximum atomic E-state index is 6.35. The quantitative estimate of drug-likeness (QED) is 0.613. The molecule has 0 aliphatic heterocycles. The number of rotatable bonds is 1. The zero-order valence-electron chi connectivity index (χ0n) is 10.6. The molecule has 0 amide bonds. The van der Waals surface area contributed by atoms with Gasteiger partial charge in [0.15, 0.2) is 0 Å². The second kappa shape index (κ2) is 2.75. The van der Waals surface area contributed by atoms with Crippen LogP contribution in [0.25, 0.3) is 0 Å². The fraction of sp³-hybridized carbons (Fsp3) is 0.867. The summed E-state index contributed by atoms with van der Waals surface area (Å²) in [5.41, 5.74) is 1.67. The van der Waals surface area contributed by atoms with Crippen LogP contribution in [0, 0.1) is 29.6 Å². The fourth-order valence-electron chi connectivity index (χ4n) is 4.83. The Morgan fingerprint density at radius 2 is 1.88 bits per heavy atom. The highest BCUT2D eigenvalue weighted by molar-refractivity contribution is 5.30. The van der Waals surface area contributed by atoms with Crippen molar-refractivity contribution in [3.05, 3.63) is 11.6 Å². The largest absolute Gasteiger partial charge is 0.368 e. The highest BCUT2D eigenvalue weighted by Gasteiger charge is 2.65. The van der Waals surface area contributed by atoms with Crippen molar-refractivity contribution in [1.82, 2.24) is 0 Å². The lowest BCUT2D eigenvalue weighted by Gasteiger charge is -2.36. The zero-order chi connectivity index (χ0) is 11.1. The molecule has 4 aliphatic rings. The topological polar surface area (TPSA) is 9.23 Å². The van der Waals surface area contributed by atoms with Crippen LogP contribution in [0.2, 0.25) is 0 Å². The molecular weight excluding hydrogens is 196 g/mol. The molecule has 0 aromatic carbocycles. The van der Waals surface area contributed by atoms with Gasteiger partial charge in [-0.25, -0.2) is 0 Å². The number of ether oxygens (including phenoxy) is 1. The molecule has 0 aromatic rings. The predicted octanol–water partition coefficient (Wildman–Crippen LogP) is 3.40. The van der Waals surface area contributed by atoms with E-state index in [1.165, 1.54) is 19.3 Å². The van der Waals surface area contributed by atoms with Gasteiger partial charge in [0, 0.05) is 0 Å². The van der Waals surface area contributed by atoms with Crippen molar-refractivity contribution in [1.29, 1.82) is 0 Å². The van der Waals surface area contributed by atoms with E-state index >= 15 is 0 Å². The first-order chi connectivity index (χ1) is 7.54. The van der Waals surface area contributed by atoms with Crippen LogP contribution in [0.3, 0.4) is 0 Å². The van der Waals surface area contributed by atoms with Crippen LogP contribution in [-0.2, 0) is 4.74 Å². The summed E-state index contributed by atoms with van der Waals surface area (Å²) in [5, 5.41) is 0. The number of hydrogen-bond acceptors (Lipinski definition) is 1. The van der Waals surface area contributed by atoms with Crippen molar-refractivity contribution >= 4 is 0 Å². The van der Waals surface area contributed by atoms with Crippen LogP contribution in [0.5, 0.6) is 0 Å². The molecule has 1 nitrogen and oxygen atoms in total. The molecule has 3 saturated carbocycles. The van der Waals surface area contributed by atoms with Gasteiger partial charge in [0.2, 0.25) is 0 Å². The van der Waals surface area contributed by atoms with Crippen LogP contribution in [0.1, 0.15) is 40.0 Å². The van der Waals surface area contributed by atoms with Crippen LogP contribution in [0.15, 0.2) is 11.6 Å². The van der Waals surface area contributed by atoms with E-state index in [9.17, 15) is 0 Å². The van der Waals surface area contributed by atoms with E-state index in [-0.39, 0.29) is 5.60 Å². The molecule has 0 spiro atoms. The first kappa shape index (κ1) is 9.70. The van der Waals surface area contributed by atoms with Gasteiger partial charge >= 0.3 is 0 Å². The Hall–Kier alpha value is -0.300. The standard InChI is InChI=1S/C15H22O/c1-15(2,3)16-14-8-4-5-9-10-7-11(10)12(6-8)13(9)14/h4,9-14H,5-7H2,1-3H3. The average molecular weight is 218 g/mol. The summed E-state index contributed by atoms with van der Waals surface area (Å²) in [7, 11) is 0. The number of fused-ring (bicyclic) bond motifs is 4. The minimum Gasteiger partial charge on any atom is -0.368 e. The molecule has 0 radical (unpaired) electrons. The Balaban J connectivity index is 1.66. The Morgan fingerprint density at radius 3 is 2.62 bits per heavy atom. The first-order valence-electron chi connectivity index (χ1n) is 6.91. The maximum absolute atomic E-state index is 6.35. The predicted molar refractivity (Wildman–Crippen MR) is 64.0 cm³/mol. The van der Waals surface area contributed by atoms with Crippen LogP contribution < -0.4 is 0 Å². The minimum absolute atomic E-state index is 0.0211. The second-order valence-electron chi connectivity index (χ2n) is 7.34. The van der Waals surface area contributed by atoms with Gasteiger partial charge in [-0.2, -0.15) is 0 Å². The Morgan fingerprint density at radius 1 is 1.12 bits per heavy atom. The Labute approximate surface area is 98.2 Å². The van der Waals surface area contributed by atoms with Gasteiger partial charge in [0.25, 0.3) is 0 Å². The van der Waals surface area contributed by atoms with E-state index in [1.807, 2.05) is 0 Å². The van der Waals surface area contributed by atoms with Gasteiger partial charge in [-0.3, -0.25) is 0 Å². The molecular formula is C15H22O. The van der Waals surface area contributed by atoms with Gasteiger partial charge < -0.3 is 4.74 Å². The summed E-state index contributed by atoms with van der Waals surface area (Å²) in [5.74, 6) is 5.04. The van der Waals surface area contributed by atoms with Crippen molar-refractivity contribution in [3.63, 3.8) is 0 Å². The lowest BCUT2D eigenvalue weighted by Crippen LogP contribution is -2.36. The van der Waals surface area contributed by atoms with Gasteiger partial charge in [-0.05, 0) is 75.2 Å². The third kappa shape index (κ3) is 1.16. The minimum atomic E-state index is 0.0211. The van der Waals surface area contributed by atoms with Crippen molar-refractivity contribution in [2.45, 2.75) is 51.7 Å². The number of hydrogen-bond donors (Lipinski definition) is 0. The average Bonchev–Trinajstić information content (AvgIpc) is 2.79. The molecule has 3 fully saturated rings. The lowest BCUT2D eigenvalue weighted by molar-refractivity contribution is -0.0751. The van der Waals surface area contributed by atoms with Crippen molar-refractivity contribution < 1.29 is 4.74 Å². The number of allylic oxidation sites excluding steroid dienone is 1. The normalized spacial score (nSPS) is 52.6. The van der Waals surface area contributed by atoms with E-state index in [4.69, 9.17) is 4.74 Å². The van der Waals surface area contributed by atoms with Crippen LogP contribution >= 0.6 is 0 Å². The molecule has 4 rings (SSSR count).